The first-order valence-corrected chi connectivity index (χ1v) is 7.48. The number of rotatable bonds is 3. The third-order valence-corrected chi connectivity index (χ3v) is 4.30. The Hall–Kier alpha value is -1.75. The van der Waals surface area contributed by atoms with E-state index in [2.05, 4.69) is 10.1 Å². The van der Waals surface area contributed by atoms with Crippen LogP contribution in [0.4, 0.5) is 4.39 Å². The van der Waals surface area contributed by atoms with E-state index in [9.17, 15) is 4.39 Å². The molecular formula is C16H20FN3O. The van der Waals surface area contributed by atoms with Gasteiger partial charge in [0, 0.05) is 18.0 Å². The van der Waals surface area contributed by atoms with E-state index in [4.69, 9.17) is 10.3 Å². The molecular weight excluding hydrogens is 269 g/mol. The van der Waals surface area contributed by atoms with Crippen molar-refractivity contribution in [1.29, 1.82) is 0 Å². The van der Waals surface area contributed by atoms with E-state index in [1.54, 1.807) is 6.07 Å². The minimum atomic E-state index is -0.256. The molecule has 1 aliphatic carbocycles. The number of halogens is 1. The van der Waals surface area contributed by atoms with Crippen LogP contribution in [0.25, 0.3) is 11.4 Å². The molecule has 0 bridgehead atoms. The van der Waals surface area contributed by atoms with Gasteiger partial charge in [0.25, 0.3) is 0 Å². The quantitative estimate of drug-likeness (QED) is 0.942. The fraction of sp³-hybridized carbons (Fsp3) is 0.500. The van der Waals surface area contributed by atoms with E-state index in [0.29, 0.717) is 17.6 Å². The average Bonchev–Trinajstić information content (AvgIpc) is 2.90. The third-order valence-electron chi connectivity index (χ3n) is 4.30. The number of nitrogens with zero attached hydrogens (tertiary/aromatic N) is 2. The molecule has 4 nitrogen and oxygen atoms in total. The Bertz CT molecular complexity index is 626. The first-order valence-electron chi connectivity index (χ1n) is 7.48. The Morgan fingerprint density at radius 1 is 1.33 bits per heavy atom. The van der Waals surface area contributed by atoms with Crippen LogP contribution in [0.15, 0.2) is 22.7 Å². The first kappa shape index (κ1) is 14.2. The molecule has 1 aliphatic rings. The molecule has 2 N–H and O–H groups in total. The predicted molar refractivity (Wildman–Crippen MR) is 78.1 cm³/mol. The molecule has 2 atom stereocenters. The zero-order valence-electron chi connectivity index (χ0n) is 12.2. The lowest BCUT2D eigenvalue weighted by Gasteiger charge is -2.27. The summed E-state index contributed by atoms with van der Waals surface area (Å²) in [6.45, 7) is 1.84. The molecule has 0 spiro atoms. The standard InChI is InChI=1S/C16H20FN3O/c1-10-8-12(17)6-7-13(10)16-19-15(21-20-16)9-11-4-2-3-5-14(11)18/h6-8,11,14H,2-5,9,18H2,1H3. The lowest BCUT2D eigenvalue weighted by Crippen LogP contribution is -2.34. The number of benzene rings is 1. The Morgan fingerprint density at radius 3 is 2.90 bits per heavy atom. The lowest BCUT2D eigenvalue weighted by atomic mass is 9.83. The highest BCUT2D eigenvalue weighted by molar-refractivity contribution is 5.59. The summed E-state index contributed by atoms with van der Waals surface area (Å²) >= 11 is 0. The minimum absolute atomic E-state index is 0.224. The number of nitrogens with two attached hydrogens (primary N) is 1. The fourth-order valence-corrected chi connectivity index (χ4v) is 3.04. The maximum atomic E-state index is 13.1. The minimum Gasteiger partial charge on any atom is -0.339 e. The van der Waals surface area contributed by atoms with Crippen LogP contribution in [0.2, 0.25) is 0 Å². The van der Waals surface area contributed by atoms with Crippen LogP contribution >= 0.6 is 0 Å². The van der Waals surface area contributed by atoms with Crippen LogP contribution in [0.3, 0.4) is 0 Å². The topological polar surface area (TPSA) is 64.9 Å². The zero-order valence-corrected chi connectivity index (χ0v) is 12.2. The van der Waals surface area contributed by atoms with E-state index in [1.165, 1.54) is 25.0 Å². The summed E-state index contributed by atoms with van der Waals surface area (Å²) in [5.41, 5.74) is 7.76. The zero-order chi connectivity index (χ0) is 14.8. The van der Waals surface area contributed by atoms with Crippen molar-refractivity contribution in [3.05, 3.63) is 35.5 Å². The SMILES string of the molecule is Cc1cc(F)ccc1-c1noc(CC2CCCCC2N)n1. The molecule has 0 radical (unpaired) electrons. The summed E-state index contributed by atoms with van der Waals surface area (Å²) in [5, 5.41) is 4.02. The summed E-state index contributed by atoms with van der Waals surface area (Å²) in [7, 11) is 0. The van der Waals surface area contributed by atoms with Crippen LogP contribution < -0.4 is 5.73 Å². The normalized spacial score (nSPS) is 22.4. The van der Waals surface area contributed by atoms with Crippen LogP contribution in [-0.2, 0) is 6.42 Å². The van der Waals surface area contributed by atoms with Gasteiger partial charge >= 0.3 is 0 Å². The Kier molecular flexibility index (Phi) is 4.01. The van der Waals surface area contributed by atoms with Crippen molar-refractivity contribution in [3.63, 3.8) is 0 Å². The van der Waals surface area contributed by atoms with Gasteiger partial charge in [-0.2, -0.15) is 4.98 Å². The lowest BCUT2D eigenvalue weighted by molar-refractivity contribution is 0.273. The van der Waals surface area contributed by atoms with Gasteiger partial charge in [-0.05, 0) is 49.4 Å². The number of aryl methyl sites for hydroxylation is 1. The van der Waals surface area contributed by atoms with E-state index in [1.807, 2.05) is 6.92 Å². The molecule has 21 heavy (non-hydrogen) atoms. The highest BCUT2D eigenvalue weighted by Gasteiger charge is 2.24. The number of hydrogen-bond donors (Lipinski definition) is 1. The molecule has 0 amide bonds. The van der Waals surface area contributed by atoms with Crippen molar-refractivity contribution in [2.24, 2.45) is 11.7 Å². The maximum absolute atomic E-state index is 13.1. The van der Waals surface area contributed by atoms with Gasteiger partial charge in [0.05, 0.1) is 0 Å². The van der Waals surface area contributed by atoms with E-state index in [0.717, 1.165) is 30.4 Å². The van der Waals surface area contributed by atoms with E-state index < -0.39 is 0 Å². The molecule has 1 saturated carbocycles. The van der Waals surface area contributed by atoms with Crippen LogP contribution in [0, 0.1) is 18.7 Å². The van der Waals surface area contributed by atoms with Crippen LogP contribution in [-0.4, -0.2) is 16.2 Å². The van der Waals surface area contributed by atoms with Crippen molar-refractivity contribution in [1.82, 2.24) is 10.1 Å². The molecule has 3 rings (SSSR count). The van der Waals surface area contributed by atoms with Crippen molar-refractivity contribution < 1.29 is 8.91 Å². The second kappa shape index (κ2) is 5.93. The molecule has 0 aliphatic heterocycles. The Morgan fingerprint density at radius 2 is 2.14 bits per heavy atom. The largest absolute Gasteiger partial charge is 0.339 e. The van der Waals surface area contributed by atoms with Gasteiger partial charge in [-0.1, -0.05) is 18.0 Å². The van der Waals surface area contributed by atoms with Gasteiger partial charge in [-0.3, -0.25) is 0 Å². The van der Waals surface area contributed by atoms with Gasteiger partial charge in [-0.25, -0.2) is 4.39 Å². The Labute approximate surface area is 123 Å². The third kappa shape index (κ3) is 3.13. The molecule has 1 aromatic carbocycles. The number of hydrogen-bond acceptors (Lipinski definition) is 4. The van der Waals surface area contributed by atoms with Crippen LogP contribution in [0.1, 0.15) is 37.1 Å². The van der Waals surface area contributed by atoms with E-state index in [-0.39, 0.29) is 11.9 Å². The maximum Gasteiger partial charge on any atom is 0.227 e. The highest BCUT2D eigenvalue weighted by atomic mass is 19.1. The molecule has 1 heterocycles. The van der Waals surface area contributed by atoms with Crippen molar-refractivity contribution >= 4 is 0 Å². The summed E-state index contributed by atoms with van der Waals surface area (Å²) in [6, 6.07) is 4.80. The highest BCUT2D eigenvalue weighted by Crippen LogP contribution is 2.27. The van der Waals surface area contributed by atoms with Gasteiger partial charge in [0.15, 0.2) is 0 Å². The molecule has 2 aromatic rings. The van der Waals surface area contributed by atoms with Crippen molar-refractivity contribution in [2.45, 2.75) is 45.1 Å². The smallest absolute Gasteiger partial charge is 0.227 e. The summed E-state index contributed by atoms with van der Waals surface area (Å²) in [4.78, 5) is 4.44. The molecule has 0 saturated heterocycles. The molecule has 1 aromatic heterocycles. The van der Waals surface area contributed by atoms with Gasteiger partial charge in [0.1, 0.15) is 5.82 Å². The molecule has 1 fully saturated rings. The fourth-order valence-electron chi connectivity index (χ4n) is 3.04. The monoisotopic (exact) mass is 289 g/mol. The van der Waals surface area contributed by atoms with Crippen molar-refractivity contribution in [3.8, 4) is 11.4 Å². The molecule has 2 unspecified atom stereocenters. The van der Waals surface area contributed by atoms with Gasteiger partial charge in [0.2, 0.25) is 11.7 Å². The number of aromatic nitrogens is 2. The van der Waals surface area contributed by atoms with Gasteiger partial charge < -0.3 is 10.3 Å². The van der Waals surface area contributed by atoms with Gasteiger partial charge in [-0.15, -0.1) is 0 Å². The van der Waals surface area contributed by atoms with E-state index >= 15 is 0 Å². The second-order valence-electron chi connectivity index (χ2n) is 5.88. The molecule has 5 heteroatoms. The van der Waals surface area contributed by atoms with Crippen molar-refractivity contribution in [2.75, 3.05) is 0 Å². The van der Waals surface area contributed by atoms with Crippen LogP contribution in [0.5, 0.6) is 0 Å². The summed E-state index contributed by atoms with van der Waals surface area (Å²) < 4.78 is 18.5. The second-order valence-corrected chi connectivity index (χ2v) is 5.88. The Balaban J connectivity index is 1.76. The summed E-state index contributed by atoms with van der Waals surface area (Å²) in [6.07, 6.45) is 5.35. The summed E-state index contributed by atoms with van der Waals surface area (Å²) in [5.74, 6) is 1.30. The molecule has 112 valence electrons. The predicted octanol–water partition coefficient (Wildman–Crippen LogP) is 3.24. The average molecular weight is 289 g/mol. The first-order chi connectivity index (χ1) is 10.1.